The Kier molecular flexibility index (Phi) is 5.65. The number of benzene rings is 2. The summed E-state index contributed by atoms with van der Waals surface area (Å²) < 4.78 is 10.5. The number of nitrogens with one attached hydrogen (secondary N) is 2. The van der Waals surface area contributed by atoms with Gasteiger partial charge in [-0.15, -0.1) is 10.2 Å². The number of hydrogen-bond donors (Lipinski definition) is 2. The molecule has 0 aliphatic carbocycles. The van der Waals surface area contributed by atoms with Crippen LogP contribution in [0, 0.1) is 10.1 Å². The average Bonchev–Trinajstić information content (AvgIpc) is 3.16. The van der Waals surface area contributed by atoms with Gasteiger partial charge in [0.15, 0.2) is 11.5 Å². The Bertz CT molecular complexity index is 1010. The smallest absolute Gasteiger partial charge is 0.325 e. The number of carbonyl (C=O) groups excluding carboxylic acids is 1. The van der Waals surface area contributed by atoms with Gasteiger partial charge in [-0.2, -0.15) is 0 Å². The van der Waals surface area contributed by atoms with Crippen LogP contribution in [0.2, 0.25) is 0 Å². The number of rotatable bonds is 6. The quantitative estimate of drug-likeness (QED) is 0.475. The number of nitro benzene ring substituents is 1. The van der Waals surface area contributed by atoms with Gasteiger partial charge in [-0.3, -0.25) is 15.4 Å². The van der Waals surface area contributed by atoms with E-state index in [1.807, 2.05) is 6.07 Å². The van der Waals surface area contributed by atoms with Crippen molar-refractivity contribution in [1.82, 2.24) is 10.2 Å². The predicted molar refractivity (Wildman–Crippen MR) is 104 cm³/mol. The molecular formula is C17H15N5O5S. The lowest BCUT2D eigenvalue weighted by atomic mass is 10.2. The molecule has 0 unspecified atom stereocenters. The van der Waals surface area contributed by atoms with Crippen molar-refractivity contribution in [2.24, 2.45) is 0 Å². The average molecular weight is 401 g/mol. The SMILES string of the molecule is COc1ccc(-c2nnc(NC(=O)Nc3ccc([N+](=O)[O-])cc3)s2)cc1OC. The van der Waals surface area contributed by atoms with Crippen molar-refractivity contribution in [1.29, 1.82) is 0 Å². The first-order chi connectivity index (χ1) is 13.5. The van der Waals surface area contributed by atoms with Crippen LogP contribution in [0.5, 0.6) is 11.5 Å². The molecule has 3 rings (SSSR count). The van der Waals surface area contributed by atoms with Gasteiger partial charge in [-0.1, -0.05) is 11.3 Å². The maximum atomic E-state index is 12.1. The van der Waals surface area contributed by atoms with Gasteiger partial charge in [0, 0.05) is 23.4 Å². The Morgan fingerprint density at radius 2 is 1.75 bits per heavy atom. The summed E-state index contributed by atoms with van der Waals surface area (Å²) in [5.41, 5.74) is 1.11. The number of carbonyl (C=O) groups is 1. The van der Waals surface area contributed by atoms with Crippen LogP contribution in [0.25, 0.3) is 10.6 Å². The summed E-state index contributed by atoms with van der Waals surface area (Å²) >= 11 is 1.18. The van der Waals surface area contributed by atoms with Gasteiger partial charge in [-0.25, -0.2) is 4.79 Å². The maximum absolute atomic E-state index is 12.1. The summed E-state index contributed by atoms with van der Waals surface area (Å²) in [6.45, 7) is 0. The molecule has 1 aromatic heterocycles. The van der Waals surface area contributed by atoms with Crippen LogP contribution in [0.3, 0.4) is 0 Å². The van der Waals surface area contributed by atoms with Gasteiger partial charge in [-0.05, 0) is 30.3 Å². The van der Waals surface area contributed by atoms with Crippen LogP contribution in [-0.2, 0) is 0 Å². The van der Waals surface area contributed by atoms with Crippen molar-refractivity contribution in [3.05, 3.63) is 52.6 Å². The first-order valence-electron chi connectivity index (χ1n) is 7.88. The Hall–Kier alpha value is -3.73. The molecule has 2 N–H and O–H groups in total. The van der Waals surface area contributed by atoms with Gasteiger partial charge in [0.25, 0.3) is 5.69 Å². The van der Waals surface area contributed by atoms with E-state index < -0.39 is 11.0 Å². The molecule has 2 aromatic carbocycles. The minimum Gasteiger partial charge on any atom is -0.493 e. The second-order valence-corrected chi connectivity index (χ2v) is 6.34. The topological polar surface area (TPSA) is 129 Å². The molecule has 0 fully saturated rings. The van der Waals surface area contributed by atoms with Crippen LogP contribution in [0.15, 0.2) is 42.5 Å². The van der Waals surface area contributed by atoms with Crippen molar-refractivity contribution < 1.29 is 19.2 Å². The summed E-state index contributed by atoms with van der Waals surface area (Å²) in [5.74, 6) is 1.15. The summed E-state index contributed by atoms with van der Waals surface area (Å²) in [6.07, 6.45) is 0. The molecule has 28 heavy (non-hydrogen) atoms. The number of aromatic nitrogens is 2. The first kappa shape index (κ1) is 19.0. The number of non-ortho nitro benzene ring substituents is 1. The van der Waals surface area contributed by atoms with E-state index in [1.54, 1.807) is 19.2 Å². The highest BCUT2D eigenvalue weighted by Gasteiger charge is 2.13. The second kappa shape index (κ2) is 8.31. The molecule has 0 aliphatic rings. The number of methoxy groups -OCH3 is 2. The summed E-state index contributed by atoms with van der Waals surface area (Å²) in [7, 11) is 3.09. The number of urea groups is 1. The highest BCUT2D eigenvalue weighted by molar-refractivity contribution is 7.18. The van der Waals surface area contributed by atoms with Gasteiger partial charge >= 0.3 is 6.03 Å². The fourth-order valence-electron chi connectivity index (χ4n) is 2.29. The zero-order valence-corrected chi connectivity index (χ0v) is 15.6. The van der Waals surface area contributed by atoms with Gasteiger partial charge in [0.1, 0.15) is 5.01 Å². The summed E-state index contributed by atoms with van der Waals surface area (Å²) in [5, 5.41) is 24.7. The fraction of sp³-hybridized carbons (Fsp3) is 0.118. The van der Waals surface area contributed by atoms with E-state index in [-0.39, 0.29) is 5.69 Å². The Labute approximate surface area is 163 Å². The first-order valence-corrected chi connectivity index (χ1v) is 8.70. The molecule has 3 aromatic rings. The lowest BCUT2D eigenvalue weighted by Crippen LogP contribution is -2.19. The number of hydrogen-bond acceptors (Lipinski definition) is 8. The Balaban J connectivity index is 1.67. The largest absolute Gasteiger partial charge is 0.493 e. The van der Waals surface area contributed by atoms with Crippen LogP contribution >= 0.6 is 11.3 Å². The van der Waals surface area contributed by atoms with E-state index >= 15 is 0 Å². The summed E-state index contributed by atoms with van der Waals surface area (Å²) in [6, 6.07) is 10.3. The van der Waals surface area contributed by atoms with Crippen molar-refractivity contribution in [3.63, 3.8) is 0 Å². The molecule has 0 saturated heterocycles. The lowest BCUT2D eigenvalue weighted by molar-refractivity contribution is -0.384. The second-order valence-electron chi connectivity index (χ2n) is 5.37. The molecular weight excluding hydrogens is 386 g/mol. The van der Waals surface area contributed by atoms with Gasteiger partial charge < -0.3 is 14.8 Å². The normalized spacial score (nSPS) is 10.2. The Morgan fingerprint density at radius 1 is 1.04 bits per heavy atom. The Morgan fingerprint density at radius 3 is 2.39 bits per heavy atom. The van der Waals surface area contributed by atoms with Crippen molar-refractivity contribution in [2.45, 2.75) is 0 Å². The van der Waals surface area contributed by atoms with Crippen LogP contribution < -0.4 is 20.1 Å². The zero-order chi connectivity index (χ0) is 20.1. The number of nitrogens with zero attached hydrogens (tertiary/aromatic N) is 3. The van der Waals surface area contributed by atoms with E-state index in [9.17, 15) is 14.9 Å². The third-order valence-electron chi connectivity index (χ3n) is 3.61. The maximum Gasteiger partial charge on any atom is 0.325 e. The van der Waals surface area contributed by atoms with E-state index in [4.69, 9.17) is 9.47 Å². The number of amides is 2. The van der Waals surface area contributed by atoms with Crippen LogP contribution in [-0.4, -0.2) is 35.4 Å². The molecule has 144 valence electrons. The molecule has 1 heterocycles. The molecule has 0 atom stereocenters. The van der Waals surface area contributed by atoms with E-state index in [1.165, 1.54) is 42.7 Å². The standard InChI is InChI=1S/C17H15N5O5S/c1-26-13-8-3-10(9-14(13)27-2)15-20-21-17(28-15)19-16(23)18-11-4-6-12(7-5-11)22(24)25/h3-9H,1-2H3,(H2,18,19,21,23). The highest BCUT2D eigenvalue weighted by Crippen LogP contribution is 2.34. The van der Waals surface area contributed by atoms with Crippen LogP contribution in [0.4, 0.5) is 21.3 Å². The van der Waals surface area contributed by atoms with E-state index in [0.29, 0.717) is 27.3 Å². The molecule has 11 heteroatoms. The van der Waals surface area contributed by atoms with Crippen LogP contribution in [0.1, 0.15) is 0 Å². The van der Waals surface area contributed by atoms with Gasteiger partial charge in [0.05, 0.1) is 19.1 Å². The minimum atomic E-state index is -0.538. The third-order valence-corrected chi connectivity index (χ3v) is 4.50. The molecule has 0 radical (unpaired) electrons. The summed E-state index contributed by atoms with van der Waals surface area (Å²) in [4.78, 5) is 22.2. The molecule has 0 aliphatic heterocycles. The molecule has 0 spiro atoms. The van der Waals surface area contributed by atoms with Crippen molar-refractivity contribution >= 4 is 33.9 Å². The molecule has 2 amide bonds. The number of anilines is 2. The molecule has 0 saturated carbocycles. The third kappa shape index (κ3) is 4.32. The van der Waals surface area contributed by atoms with E-state index in [2.05, 4.69) is 20.8 Å². The van der Waals surface area contributed by atoms with Crippen molar-refractivity contribution in [2.75, 3.05) is 24.9 Å². The minimum absolute atomic E-state index is 0.0605. The van der Waals surface area contributed by atoms with Crippen molar-refractivity contribution in [3.8, 4) is 22.1 Å². The zero-order valence-electron chi connectivity index (χ0n) is 14.8. The monoisotopic (exact) mass is 401 g/mol. The molecule has 10 nitrogen and oxygen atoms in total. The van der Waals surface area contributed by atoms with Gasteiger partial charge in [0.2, 0.25) is 5.13 Å². The van der Waals surface area contributed by atoms with E-state index in [0.717, 1.165) is 5.56 Å². The lowest BCUT2D eigenvalue weighted by Gasteiger charge is -2.07. The number of nitro groups is 1. The predicted octanol–water partition coefficient (Wildman–Crippen LogP) is 3.77. The number of ether oxygens (including phenoxy) is 2. The highest BCUT2D eigenvalue weighted by atomic mass is 32.1. The fourth-order valence-corrected chi connectivity index (χ4v) is 3.02. The molecule has 0 bridgehead atoms.